The summed E-state index contributed by atoms with van der Waals surface area (Å²) in [5.41, 5.74) is -0.925. The number of benzene rings is 4. The van der Waals surface area contributed by atoms with Crippen LogP contribution in [-0.4, -0.2) is 42.3 Å². The Morgan fingerprint density at radius 2 is 0.837 bits per heavy atom. The van der Waals surface area contributed by atoms with Crippen molar-refractivity contribution < 1.29 is 37.6 Å². The van der Waals surface area contributed by atoms with Crippen LogP contribution in [0.1, 0.15) is 32.8 Å². The van der Waals surface area contributed by atoms with Gasteiger partial charge in [-0.15, -0.1) is 0 Å². The molecule has 0 aromatic heterocycles. The van der Waals surface area contributed by atoms with Crippen LogP contribution in [0.25, 0.3) is 12.2 Å². The first-order chi connectivity index (χ1) is 23.3. The molecule has 0 aliphatic rings. The van der Waals surface area contributed by atoms with E-state index in [0.717, 1.165) is 24.3 Å². The largest absolute Gasteiger partial charge is 0.496 e. The molecule has 4 aromatic rings. The van der Waals surface area contributed by atoms with E-state index >= 15 is 0 Å². The summed E-state index contributed by atoms with van der Waals surface area (Å²) in [4.78, 5) is 43.2. The van der Waals surface area contributed by atoms with Crippen LogP contribution in [0.15, 0.2) is 97.1 Å². The van der Waals surface area contributed by atoms with Gasteiger partial charge in [-0.05, 0) is 47.5 Å². The Kier molecular flexibility index (Phi) is 10.8. The topological polar surface area (TPSA) is 225 Å². The summed E-state index contributed by atoms with van der Waals surface area (Å²) in [7, 11) is -2.22. The van der Waals surface area contributed by atoms with Gasteiger partial charge in [-0.1, -0.05) is 24.3 Å². The van der Waals surface area contributed by atoms with Crippen LogP contribution in [0.3, 0.4) is 0 Å². The Morgan fingerprint density at radius 1 is 0.531 bits per heavy atom. The molecule has 0 aliphatic heterocycles. The third kappa shape index (κ3) is 8.09. The number of hydrogen-bond acceptors (Lipinski definition) is 12. The van der Waals surface area contributed by atoms with Crippen LogP contribution in [0.5, 0.6) is 11.5 Å². The first-order valence-corrected chi connectivity index (χ1v) is 15.6. The van der Waals surface area contributed by atoms with Gasteiger partial charge < -0.3 is 9.47 Å². The van der Waals surface area contributed by atoms with E-state index in [1.165, 1.54) is 99.2 Å². The highest BCUT2D eigenvalue weighted by Crippen LogP contribution is 2.44. The van der Waals surface area contributed by atoms with Crippen molar-refractivity contribution in [2.24, 2.45) is 0 Å². The summed E-state index contributed by atoms with van der Waals surface area (Å²) < 4.78 is 40.7. The summed E-state index contributed by atoms with van der Waals surface area (Å²) in [6, 6.07) is 17.1. The van der Waals surface area contributed by atoms with Crippen LogP contribution < -0.4 is 9.47 Å². The minimum absolute atomic E-state index is 0.0309. The van der Waals surface area contributed by atoms with Crippen LogP contribution in [0.4, 0.5) is 22.7 Å². The first kappa shape index (κ1) is 35.4. The molecule has 0 N–H and O–H groups in total. The molecule has 49 heavy (non-hydrogen) atoms. The van der Waals surface area contributed by atoms with Gasteiger partial charge >= 0.3 is 0 Å². The van der Waals surface area contributed by atoms with E-state index < -0.39 is 51.4 Å². The van der Waals surface area contributed by atoms with Crippen molar-refractivity contribution in [3.63, 3.8) is 0 Å². The van der Waals surface area contributed by atoms with Crippen molar-refractivity contribution in [1.29, 1.82) is 0 Å². The first-order valence-electron chi connectivity index (χ1n) is 14.0. The maximum atomic E-state index is 14.9. The average Bonchev–Trinajstić information content (AvgIpc) is 3.08. The molecule has 16 nitrogen and oxygen atoms in total. The van der Waals surface area contributed by atoms with Crippen molar-refractivity contribution in [3.8, 4) is 11.5 Å². The Bertz CT molecular complexity index is 1940. The normalized spacial score (nSPS) is 12.8. The zero-order valence-corrected chi connectivity index (χ0v) is 26.5. The van der Waals surface area contributed by atoms with Gasteiger partial charge in [0.15, 0.2) is 9.84 Å². The Hall–Kier alpha value is -6.49. The predicted octanol–water partition coefficient (Wildman–Crippen LogP) is 6.96. The summed E-state index contributed by atoms with van der Waals surface area (Å²) in [6.45, 7) is 0. The third-order valence-electron chi connectivity index (χ3n) is 7.30. The Balaban J connectivity index is 2.00. The van der Waals surface area contributed by atoms with Crippen molar-refractivity contribution in [2.75, 3.05) is 14.2 Å². The van der Waals surface area contributed by atoms with Crippen LogP contribution >= 0.6 is 0 Å². The Morgan fingerprint density at radius 3 is 1.12 bits per heavy atom. The molecule has 252 valence electrons. The molecule has 4 rings (SSSR count). The van der Waals surface area contributed by atoms with E-state index in [9.17, 15) is 48.9 Å². The van der Waals surface area contributed by atoms with Crippen LogP contribution in [0, 0.1) is 40.5 Å². The second kappa shape index (κ2) is 14.9. The predicted molar refractivity (Wildman–Crippen MR) is 178 cm³/mol. The van der Waals surface area contributed by atoms with Crippen LogP contribution in [0.2, 0.25) is 0 Å². The minimum Gasteiger partial charge on any atom is -0.496 e. The number of nitrogens with zero attached hydrogens (tertiary/aromatic N) is 4. The van der Waals surface area contributed by atoms with Gasteiger partial charge in [0.1, 0.15) is 22.0 Å². The fraction of sp³-hybridized carbons (Fsp3) is 0.125. The van der Waals surface area contributed by atoms with E-state index in [0.29, 0.717) is 11.1 Å². The van der Waals surface area contributed by atoms with Crippen molar-refractivity contribution >= 4 is 44.7 Å². The standard InChI is InChI=1S/C32H26N4O12S/c1-47-29-15-13-25(35(41)42)19-27(29)31(17-7-21-3-9-23(10-4-21)33(37)38)49(45,46)32(18-8-22-5-11-24(12-6-22)34(39)40)28-20-26(36(43)44)14-16-30(28)48-2/h3-20,31-32H,1-2H3/b17-7+,18-8+. The van der Waals surface area contributed by atoms with Gasteiger partial charge in [0.2, 0.25) is 0 Å². The molecule has 0 spiro atoms. The molecular formula is C32H26N4O12S. The minimum atomic E-state index is -4.70. The molecule has 4 aromatic carbocycles. The monoisotopic (exact) mass is 690 g/mol. The molecule has 0 fully saturated rings. The van der Waals surface area contributed by atoms with Gasteiger partial charge in [0.25, 0.3) is 22.7 Å². The van der Waals surface area contributed by atoms with Crippen molar-refractivity contribution in [2.45, 2.75) is 10.5 Å². The summed E-state index contributed by atoms with van der Waals surface area (Å²) in [5.74, 6) is -0.0618. The number of ether oxygens (including phenoxy) is 2. The average molecular weight is 691 g/mol. The number of methoxy groups -OCH3 is 2. The lowest BCUT2D eigenvalue weighted by atomic mass is 10.1. The summed E-state index contributed by atoms with van der Waals surface area (Å²) >= 11 is 0. The van der Waals surface area contributed by atoms with E-state index in [-0.39, 0.29) is 34.0 Å². The molecule has 17 heteroatoms. The zero-order valence-electron chi connectivity index (χ0n) is 25.6. The van der Waals surface area contributed by atoms with E-state index in [1.807, 2.05) is 0 Å². The highest BCUT2D eigenvalue weighted by molar-refractivity contribution is 7.92. The number of nitro benzene ring substituents is 4. The fourth-order valence-electron chi connectivity index (χ4n) is 4.86. The zero-order chi connectivity index (χ0) is 35.9. The lowest BCUT2D eigenvalue weighted by Gasteiger charge is -2.24. The van der Waals surface area contributed by atoms with Gasteiger partial charge in [-0.25, -0.2) is 8.42 Å². The van der Waals surface area contributed by atoms with Gasteiger partial charge in [0, 0.05) is 59.7 Å². The second-order valence-electron chi connectivity index (χ2n) is 10.2. The fourth-order valence-corrected chi connectivity index (χ4v) is 6.85. The van der Waals surface area contributed by atoms with Gasteiger partial charge in [0.05, 0.1) is 33.9 Å². The van der Waals surface area contributed by atoms with E-state index in [2.05, 4.69) is 0 Å². The van der Waals surface area contributed by atoms with Crippen molar-refractivity contribution in [1.82, 2.24) is 0 Å². The number of hydrogen-bond donors (Lipinski definition) is 0. The molecule has 0 radical (unpaired) electrons. The smallest absolute Gasteiger partial charge is 0.270 e. The number of non-ortho nitro benzene ring substituents is 4. The molecule has 0 saturated heterocycles. The molecule has 2 atom stereocenters. The van der Waals surface area contributed by atoms with Crippen molar-refractivity contribution in [3.05, 3.63) is 160 Å². The molecule has 0 heterocycles. The van der Waals surface area contributed by atoms with Gasteiger partial charge in [-0.2, -0.15) is 0 Å². The molecule has 0 aliphatic carbocycles. The Labute approximate surface area is 278 Å². The molecule has 0 saturated carbocycles. The highest BCUT2D eigenvalue weighted by Gasteiger charge is 2.38. The molecule has 2 unspecified atom stereocenters. The van der Waals surface area contributed by atoms with Gasteiger partial charge in [-0.3, -0.25) is 40.5 Å². The molecular weight excluding hydrogens is 664 g/mol. The van der Waals surface area contributed by atoms with Crippen LogP contribution in [-0.2, 0) is 9.84 Å². The molecule has 0 bridgehead atoms. The third-order valence-corrected chi connectivity index (χ3v) is 9.54. The quantitative estimate of drug-likeness (QED) is 0.0966. The number of nitro groups is 4. The number of rotatable bonds is 14. The lowest BCUT2D eigenvalue weighted by molar-refractivity contribution is -0.385. The molecule has 0 amide bonds. The maximum Gasteiger partial charge on any atom is 0.270 e. The highest BCUT2D eigenvalue weighted by atomic mass is 32.2. The summed E-state index contributed by atoms with van der Waals surface area (Å²) in [6.07, 6.45) is 5.14. The second-order valence-corrected chi connectivity index (χ2v) is 12.4. The number of sulfone groups is 1. The van der Waals surface area contributed by atoms with E-state index in [1.54, 1.807) is 0 Å². The lowest BCUT2D eigenvalue weighted by Crippen LogP contribution is -2.20. The summed E-state index contributed by atoms with van der Waals surface area (Å²) in [5, 5.41) is 42.4. The SMILES string of the molecule is COc1ccc([N+](=O)[O-])cc1C(/C=C/c1ccc([N+](=O)[O-])cc1)S(=O)(=O)C(/C=C/c1ccc([N+](=O)[O-])cc1)c1cc([N+](=O)[O-])ccc1OC. The van der Waals surface area contributed by atoms with E-state index in [4.69, 9.17) is 9.47 Å². The maximum absolute atomic E-state index is 14.9.